The van der Waals surface area contributed by atoms with E-state index < -0.39 is 35.6 Å². The van der Waals surface area contributed by atoms with Crippen molar-refractivity contribution in [2.45, 2.75) is 76.8 Å². The Morgan fingerprint density at radius 1 is 1.32 bits per heavy atom. The molecule has 206 valence electrons. The number of hydrogen-bond donors (Lipinski definition) is 1. The third kappa shape index (κ3) is 8.49. The van der Waals surface area contributed by atoms with Gasteiger partial charge in [-0.2, -0.15) is 0 Å². The monoisotopic (exact) mass is 559 g/mol. The van der Waals surface area contributed by atoms with Crippen LogP contribution in [0.15, 0.2) is 41.8 Å². The van der Waals surface area contributed by atoms with Crippen molar-refractivity contribution in [3.8, 4) is 0 Å². The summed E-state index contributed by atoms with van der Waals surface area (Å²) in [7, 11) is 0. The molecule has 5 atom stereocenters. The number of rotatable bonds is 12. The molecule has 1 aliphatic carbocycles. The molecule has 3 rings (SSSR count). The maximum Gasteiger partial charge on any atom is 0.305 e. The smallest absolute Gasteiger partial charge is 0.305 e. The molecule has 0 aromatic heterocycles. The van der Waals surface area contributed by atoms with E-state index in [0.717, 1.165) is 37.4 Å². The fraction of sp³-hybridized carbons (Fsp3) is 0.607. The highest BCUT2D eigenvalue weighted by Crippen LogP contribution is 2.41. The van der Waals surface area contributed by atoms with Crippen molar-refractivity contribution in [2.75, 3.05) is 26.3 Å². The Balaban J connectivity index is 1.56. The normalized spacial score (nSPS) is 25.9. The van der Waals surface area contributed by atoms with Crippen LogP contribution in [0, 0.1) is 5.92 Å². The van der Waals surface area contributed by atoms with Gasteiger partial charge in [0.2, 0.25) is 0 Å². The van der Waals surface area contributed by atoms with Crippen LogP contribution >= 0.6 is 23.2 Å². The highest BCUT2D eigenvalue weighted by atomic mass is 35.5. The second kappa shape index (κ2) is 13.5. The molecule has 0 saturated carbocycles. The van der Waals surface area contributed by atoms with Gasteiger partial charge in [0, 0.05) is 24.9 Å². The zero-order valence-corrected chi connectivity index (χ0v) is 23.2. The first-order valence-electron chi connectivity index (χ1n) is 12.9. The van der Waals surface area contributed by atoms with Crippen molar-refractivity contribution in [1.82, 2.24) is 4.90 Å². The van der Waals surface area contributed by atoms with E-state index in [0.29, 0.717) is 22.2 Å². The predicted octanol–water partition coefficient (Wildman–Crippen LogP) is 6.25. The van der Waals surface area contributed by atoms with Gasteiger partial charge in [-0.15, -0.1) is 0 Å². The number of likely N-dealkylation sites (tertiary alicyclic amines) is 1. The maximum absolute atomic E-state index is 15.3. The molecule has 1 heterocycles. The number of hydrogen-bond acceptors (Lipinski definition) is 5. The zero-order chi connectivity index (χ0) is 27.2. The number of aliphatic hydroxyl groups is 1. The van der Waals surface area contributed by atoms with Crippen LogP contribution in [0.25, 0.3) is 0 Å². The lowest BCUT2D eigenvalue weighted by molar-refractivity contribution is -0.143. The van der Waals surface area contributed by atoms with Crippen LogP contribution in [0.2, 0.25) is 10.0 Å². The second-order valence-electron chi connectivity index (χ2n) is 10.1. The summed E-state index contributed by atoms with van der Waals surface area (Å²) in [5.74, 6) is -1.83. The number of carbonyl (C=O) groups is 1. The summed E-state index contributed by atoms with van der Waals surface area (Å²) in [5, 5.41) is 11.8. The molecule has 0 radical (unpaired) electrons. The average molecular weight is 561 g/mol. The van der Waals surface area contributed by atoms with Crippen LogP contribution in [0.5, 0.6) is 0 Å². The first-order chi connectivity index (χ1) is 17.5. The number of alkyl halides is 1. The maximum atomic E-state index is 15.3. The Morgan fingerprint density at radius 3 is 2.78 bits per heavy atom. The van der Waals surface area contributed by atoms with E-state index in [9.17, 15) is 14.3 Å². The highest BCUT2D eigenvalue weighted by Gasteiger charge is 2.40. The number of aliphatic hydroxyl groups excluding tert-OH is 1. The van der Waals surface area contributed by atoms with Gasteiger partial charge in [-0.1, -0.05) is 29.3 Å². The van der Waals surface area contributed by atoms with E-state index in [1.807, 2.05) is 12.1 Å². The van der Waals surface area contributed by atoms with Gasteiger partial charge < -0.3 is 14.6 Å². The quantitative estimate of drug-likeness (QED) is 0.307. The van der Waals surface area contributed by atoms with Gasteiger partial charge in [-0.25, -0.2) is 8.78 Å². The molecule has 0 amide bonds. The van der Waals surface area contributed by atoms with Gasteiger partial charge in [0.05, 0.1) is 35.5 Å². The van der Waals surface area contributed by atoms with E-state index in [-0.39, 0.29) is 32.1 Å². The number of β-amino-alcohol motifs (C(OH)–C–C–N with tert-alkyl or cyclic N) is 1. The number of ether oxygens (including phenoxy) is 2. The third-order valence-corrected chi connectivity index (χ3v) is 7.90. The van der Waals surface area contributed by atoms with Crippen LogP contribution in [-0.4, -0.2) is 66.2 Å². The fourth-order valence-corrected chi connectivity index (χ4v) is 5.64. The summed E-state index contributed by atoms with van der Waals surface area (Å²) in [6.07, 6.45) is 3.86. The average Bonchev–Trinajstić information content (AvgIpc) is 3.24. The van der Waals surface area contributed by atoms with Crippen LogP contribution in [-0.2, 0) is 20.7 Å². The molecule has 37 heavy (non-hydrogen) atoms. The summed E-state index contributed by atoms with van der Waals surface area (Å²) in [6.45, 7) is 6.30. The van der Waals surface area contributed by atoms with Crippen LogP contribution in [0.4, 0.5) is 8.78 Å². The Kier molecular flexibility index (Phi) is 11.0. The molecule has 1 aromatic carbocycles. The number of esters is 1. The first-order valence-corrected chi connectivity index (χ1v) is 13.7. The predicted molar refractivity (Wildman–Crippen MR) is 142 cm³/mol. The van der Waals surface area contributed by atoms with Crippen molar-refractivity contribution in [2.24, 2.45) is 5.92 Å². The number of allylic oxidation sites excluding steroid dienone is 3. The van der Waals surface area contributed by atoms with Gasteiger partial charge in [-0.3, -0.25) is 9.69 Å². The second-order valence-corrected chi connectivity index (χ2v) is 10.9. The summed E-state index contributed by atoms with van der Waals surface area (Å²) in [6, 6.07) is 5.91. The van der Waals surface area contributed by atoms with Gasteiger partial charge >= 0.3 is 5.97 Å². The van der Waals surface area contributed by atoms with E-state index in [4.69, 9.17) is 32.7 Å². The van der Waals surface area contributed by atoms with Gasteiger partial charge in [0.25, 0.3) is 0 Å². The number of benzene rings is 1. The van der Waals surface area contributed by atoms with E-state index >= 15 is 4.39 Å². The topological polar surface area (TPSA) is 59.0 Å². The minimum absolute atomic E-state index is 0.0213. The summed E-state index contributed by atoms with van der Waals surface area (Å²) in [5.41, 5.74) is -0.446. The molecule has 1 aliphatic heterocycles. The lowest BCUT2D eigenvalue weighted by Crippen LogP contribution is -2.40. The van der Waals surface area contributed by atoms with Gasteiger partial charge in [-0.05, 0) is 88.4 Å². The lowest BCUT2D eigenvalue weighted by Gasteiger charge is -2.36. The van der Waals surface area contributed by atoms with E-state index in [2.05, 4.69) is 4.90 Å². The van der Waals surface area contributed by atoms with Gasteiger partial charge in [0.1, 0.15) is 11.5 Å². The zero-order valence-electron chi connectivity index (χ0n) is 21.7. The Bertz CT molecular complexity index is 1000. The summed E-state index contributed by atoms with van der Waals surface area (Å²) in [4.78, 5) is 14.1. The van der Waals surface area contributed by atoms with Crippen molar-refractivity contribution < 1.29 is 28.2 Å². The lowest BCUT2D eigenvalue weighted by atomic mass is 9.76. The standard InChI is InChI=1S/C28H37Cl2F2NO4/c1-4-36-27(35)10-8-24-23(14-20(31)15-28(24,3)32)18(2)37-17-22(34)16-33-11-5-6-21(33)12-19-7-9-25(29)26(30)13-19/h7,9,13-15,18,21-22,24,34H,4-6,8,10-12,16-17H2,1-3H3/t18-,21+,22-,24?,28?/m1/s1. The molecule has 1 N–H and O–H groups in total. The molecule has 1 fully saturated rings. The molecule has 2 unspecified atom stereocenters. The van der Waals surface area contributed by atoms with E-state index in [1.165, 1.54) is 13.0 Å². The Hall–Kier alpha value is -1.51. The van der Waals surface area contributed by atoms with Crippen LogP contribution in [0.1, 0.15) is 52.0 Å². The minimum Gasteiger partial charge on any atom is -0.466 e. The fourth-order valence-electron chi connectivity index (χ4n) is 5.32. The van der Waals surface area contributed by atoms with Crippen molar-refractivity contribution in [3.63, 3.8) is 0 Å². The molecule has 5 nitrogen and oxygen atoms in total. The largest absolute Gasteiger partial charge is 0.466 e. The third-order valence-electron chi connectivity index (χ3n) is 7.16. The van der Waals surface area contributed by atoms with Crippen molar-refractivity contribution in [1.29, 1.82) is 0 Å². The number of halogens is 4. The Labute approximate surface area is 228 Å². The van der Waals surface area contributed by atoms with E-state index in [1.54, 1.807) is 19.9 Å². The van der Waals surface area contributed by atoms with Crippen molar-refractivity contribution in [3.05, 3.63) is 57.4 Å². The highest BCUT2D eigenvalue weighted by molar-refractivity contribution is 6.42. The molecule has 1 aromatic rings. The number of nitrogens with zero attached hydrogens (tertiary/aromatic N) is 1. The molecule has 2 aliphatic rings. The molecule has 0 bridgehead atoms. The molecular formula is C28H37Cl2F2NO4. The summed E-state index contributed by atoms with van der Waals surface area (Å²) >= 11 is 12.2. The van der Waals surface area contributed by atoms with Gasteiger partial charge in [0.15, 0.2) is 0 Å². The Morgan fingerprint density at radius 2 is 2.08 bits per heavy atom. The van der Waals surface area contributed by atoms with Crippen LogP contribution < -0.4 is 0 Å². The summed E-state index contributed by atoms with van der Waals surface area (Å²) < 4.78 is 40.5. The minimum atomic E-state index is -1.97. The molecular weight excluding hydrogens is 523 g/mol. The SMILES string of the molecule is CCOC(=O)CCC1C([C@@H](C)OC[C@H](O)CN2CCC[C@H]2Cc2ccc(Cl)c(Cl)c2)=CC(F)=CC1(C)F. The van der Waals surface area contributed by atoms with Crippen molar-refractivity contribution >= 4 is 29.2 Å². The van der Waals surface area contributed by atoms with Crippen LogP contribution in [0.3, 0.4) is 0 Å². The number of carbonyl (C=O) groups excluding carboxylic acids is 1. The molecule has 1 saturated heterocycles. The molecule has 9 heteroatoms. The molecule has 0 spiro atoms. The first kappa shape index (κ1) is 30.0.